The van der Waals surface area contributed by atoms with Gasteiger partial charge >= 0.3 is 0 Å². The zero-order valence-corrected chi connectivity index (χ0v) is 26.3. The first-order valence-electron chi connectivity index (χ1n) is 16.3. The number of nitrogens with zero attached hydrogens (tertiary/aromatic N) is 1. The molecule has 9 rings (SSSR count). The van der Waals surface area contributed by atoms with Crippen molar-refractivity contribution in [1.82, 2.24) is 0 Å². The lowest BCUT2D eigenvalue weighted by molar-refractivity contribution is 0.669. The third kappa shape index (κ3) is 4.92. The predicted molar refractivity (Wildman–Crippen MR) is 202 cm³/mol. The molecule has 1 heterocycles. The van der Waals surface area contributed by atoms with Crippen molar-refractivity contribution in [1.29, 1.82) is 0 Å². The van der Waals surface area contributed by atoms with E-state index in [4.69, 9.17) is 4.42 Å². The van der Waals surface area contributed by atoms with Gasteiger partial charge in [0.15, 0.2) is 5.58 Å². The summed E-state index contributed by atoms with van der Waals surface area (Å²) in [6, 6.07) is 66.8. The molecule has 0 bridgehead atoms. The average molecular weight is 614 g/mol. The number of para-hydroxylation sites is 1. The molecule has 8 aromatic carbocycles. The van der Waals surface area contributed by atoms with Crippen LogP contribution >= 0.6 is 0 Å². The largest absolute Gasteiger partial charge is 0.454 e. The Balaban J connectivity index is 1.23. The van der Waals surface area contributed by atoms with Crippen molar-refractivity contribution in [2.24, 2.45) is 0 Å². The van der Waals surface area contributed by atoms with Crippen LogP contribution < -0.4 is 4.90 Å². The van der Waals surface area contributed by atoms with Crippen molar-refractivity contribution in [3.8, 4) is 33.4 Å². The summed E-state index contributed by atoms with van der Waals surface area (Å²) in [6.45, 7) is 0. The second kappa shape index (κ2) is 11.8. The average Bonchev–Trinajstić information content (AvgIpc) is 3.56. The van der Waals surface area contributed by atoms with Crippen molar-refractivity contribution in [3.05, 3.63) is 188 Å². The number of benzene rings is 8. The van der Waals surface area contributed by atoms with Gasteiger partial charge in [0.25, 0.3) is 0 Å². The van der Waals surface area contributed by atoms with Crippen LogP contribution in [-0.4, -0.2) is 0 Å². The lowest BCUT2D eigenvalue weighted by atomic mass is 9.99. The fourth-order valence-corrected chi connectivity index (χ4v) is 6.92. The highest BCUT2D eigenvalue weighted by Crippen LogP contribution is 2.45. The first-order chi connectivity index (χ1) is 23.8. The first kappa shape index (κ1) is 27.9. The van der Waals surface area contributed by atoms with Crippen LogP contribution in [0.4, 0.5) is 17.1 Å². The molecule has 226 valence electrons. The van der Waals surface area contributed by atoms with Crippen molar-refractivity contribution < 1.29 is 4.42 Å². The van der Waals surface area contributed by atoms with E-state index in [1.807, 2.05) is 0 Å². The lowest BCUT2D eigenvalue weighted by Crippen LogP contribution is -2.10. The van der Waals surface area contributed by atoms with E-state index in [1.165, 1.54) is 33.0 Å². The summed E-state index contributed by atoms with van der Waals surface area (Å²) in [5.41, 5.74) is 12.0. The minimum absolute atomic E-state index is 0.867. The Hall–Kier alpha value is -6.38. The normalized spacial score (nSPS) is 11.3. The van der Waals surface area contributed by atoms with Gasteiger partial charge in [-0.15, -0.1) is 0 Å². The van der Waals surface area contributed by atoms with Crippen molar-refractivity contribution >= 4 is 49.8 Å². The summed E-state index contributed by atoms with van der Waals surface area (Å²) in [6.07, 6.45) is 0. The maximum absolute atomic E-state index is 6.76. The first-order valence-corrected chi connectivity index (χ1v) is 16.3. The number of fused-ring (bicyclic) bond motifs is 5. The molecule has 2 nitrogen and oxygen atoms in total. The van der Waals surface area contributed by atoms with Gasteiger partial charge < -0.3 is 9.32 Å². The topological polar surface area (TPSA) is 16.4 Å². The molecule has 0 aliphatic carbocycles. The Labute approximate surface area is 279 Å². The Morgan fingerprint density at radius 1 is 0.354 bits per heavy atom. The van der Waals surface area contributed by atoms with Gasteiger partial charge in [-0.2, -0.15) is 0 Å². The number of hydrogen-bond acceptors (Lipinski definition) is 2. The van der Waals surface area contributed by atoms with Gasteiger partial charge in [0, 0.05) is 22.1 Å². The second-order valence-electron chi connectivity index (χ2n) is 12.2. The number of furan rings is 1. The second-order valence-corrected chi connectivity index (χ2v) is 12.2. The van der Waals surface area contributed by atoms with Crippen molar-refractivity contribution in [2.75, 3.05) is 4.90 Å². The third-order valence-electron chi connectivity index (χ3n) is 9.25. The summed E-state index contributed by atoms with van der Waals surface area (Å²) in [7, 11) is 0. The van der Waals surface area contributed by atoms with Crippen LogP contribution in [0.15, 0.2) is 192 Å². The molecule has 0 fully saturated rings. The zero-order valence-electron chi connectivity index (χ0n) is 26.3. The molecule has 0 unspecified atom stereocenters. The molecule has 9 aromatic rings. The molecular formula is C46H31NO. The van der Waals surface area contributed by atoms with E-state index < -0.39 is 0 Å². The molecule has 0 saturated carbocycles. The SMILES string of the molecule is c1ccc(-c2ccc(-c3cccc(N(c4cccc(-c5ccccc5)c4)c4cccc5c4oc4ccc6ccccc6c45)c3)cc2)cc1. The number of rotatable bonds is 6. The van der Waals surface area contributed by atoms with Gasteiger partial charge in [0.05, 0.1) is 5.69 Å². The van der Waals surface area contributed by atoms with Crippen LogP contribution in [0.5, 0.6) is 0 Å². The summed E-state index contributed by atoms with van der Waals surface area (Å²) in [5.74, 6) is 0. The summed E-state index contributed by atoms with van der Waals surface area (Å²) < 4.78 is 6.76. The van der Waals surface area contributed by atoms with E-state index >= 15 is 0 Å². The van der Waals surface area contributed by atoms with Gasteiger partial charge in [-0.1, -0.05) is 152 Å². The number of anilines is 3. The fourth-order valence-electron chi connectivity index (χ4n) is 6.92. The van der Waals surface area contributed by atoms with E-state index in [9.17, 15) is 0 Å². The van der Waals surface area contributed by atoms with E-state index in [1.54, 1.807) is 0 Å². The van der Waals surface area contributed by atoms with Gasteiger partial charge in [-0.3, -0.25) is 0 Å². The Morgan fingerprint density at radius 2 is 0.854 bits per heavy atom. The summed E-state index contributed by atoms with van der Waals surface area (Å²) in [4.78, 5) is 2.33. The molecule has 0 aliphatic heterocycles. The molecule has 0 amide bonds. The zero-order chi connectivity index (χ0) is 31.9. The molecule has 1 aromatic heterocycles. The van der Waals surface area contributed by atoms with Gasteiger partial charge in [-0.05, 0) is 80.6 Å². The van der Waals surface area contributed by atoms with E-state index in [0.29, 0.717) is 0 Å². The molecule has 0 N–H and O–H groups in total. The Morgan fingerprint density at radius 3 is 1.52 bits per heavy atom. The predicted octanol–water partition coefficient (Wildman–Crippen LogP) is 13.2. The lowest BCUT2D eigenvalue weighted by Gasteiger charge is -2.26. The molecule has 48 heavy (non-hydrogen) atoms. The van der Waals surface area contributed by atoms with Gasteiger partial charge in [0.2, 0.25) is 0 Å². The Bertz CT molecular complexity index is 2550. The molecule has 0 radical (unpaired) electrons. The summed E-state index contributed by atoms with van der Waals surface area (Å²) >= 11 is 0. The van der Waals surface area contributed by atoms with Crippen LogP contribution in [0.2, 0.25) is 0 Å². The van der Waals surface area contributed by atoms with Crippen molar-refractivity contribution in [3.63, 3.8) is 0 Å². The van der Waals surface area contributed by atoms with Crippen LogP contribution in [0.1, 0.15) is 0 Å². The molecule has 0 aliphatic rings. The molecule has 0 spiro atoms. The van der Waals surface area contributed by atoms with E-state index in [2.05, 4.69) is 193 Å². The maximum Gasteiger partial charge on any atom is 0.159 e. The highest BCUT2D eigenvalue weighted by molar-refractivity contribution is 6.21. The van der Waals surface area contributed by atoms with Crippen LogP contribution in [0.25, 0.3) is 66.1 Å². The molecule has 0 atom stereocenters. The maximum atomic E-state index is 6.76. The molecule has 2 heteroatoms. The monoisotopic (exact) mass is 613 g/mol. The van der Waals surface area contributed by atoms with E-state index in [-0.39, 0.29) is 0 Å². The van der Waals surface area contributed by atoms with Crippen LogP contribution in [-0.2, 0) is 0 Å². The minimum atomic E-state index is 0.867. The highest BCUT2D eigenvalue weighted by Gasteiger charge is 2.21. The summed E-state index contributed by atoms with van der Waals surface area (Å²) in [5, 5.41) is 4.66. The van der Waals surface area contributed by atoms with Gasteiger partial charge in [-0.25, -0.2) is 0 Å². The van der Waals surface area contributed by atoms with Crippen molar-refractivity contribution in [2.45, 2.75) is 0 Å². The van der Waals surface area contributed by atoms with Crippen LogP contribution in [0.3, 0.4) is 0 Å². The van der Waals surface area contributed by atoms with E-state index in [0.717, 1.165) is 50.1 Å². The number of hydrogen-bond donors (Lipinski definition) is 0. The third-order valence-corrected chi connectivity index (χ3v) is 9.25. The standard InChI is InChI=1S/C46H31NO/c1-3-12-32(13-4-1)34-24-26-35(27-25-34)38-18-10-20-40(31-38)47(39-19-9-17-37(30-39)33-14-5-2-6-15-33)43-23-11-22-42-45-41-21-8-7-16-36(41)28-29-44(45)48-46(42)43/h1-31H. The quantitative estimate of drug-likeness (QED) is 0.185. The molecular weight excluding hydrogens is 583 g/mol. The highest BCUT2D eigenvalue weighted by atomic mass is 16.3. The fraction of sp³-hybridized carbons (Fsp3) is 0. The Kier molecular flexibility index (Phi) is 6.84. The smallest absolute Gasteiger partial charge is 0.159 e. The van der Waals surface area contributed by atoms with Gasteiger partial charge in [0.1, 0.15) is 5.58 Å². The minimum Gasteiger partial charge on any atom is -0.454 e. The van der Waals surface area contributed by atoms with Crippen LogP contribution in [0, 0.1) is 0 Å². The molecule has 0 saturated heterocycles.